The Morgan fingerprint density at radius 2 is 1.60 bits per heavy atom. The molecule has 1 amide bonds. The van der Waals surface area contributed by atoms with Crippen LogP contribution in [0.1, 0.15) is 44.3 Å². The minimum Gasteiger partial charge on any atom is -0.505 e. The van der Waals surface area contributed by atoms with Gasteiger partial charge in [-0.25, -0.2) is 18.4 Å². The predicted octanol–water partition coefficient (Wildman–Crippen LogP) is 2.76. The van der Waals surface area contributed by atoms with Crippen molar-refractivity contribution in [1.82, 2.24) is 5.32 Å². The molecule has 7 N–H and O–H groups in total. The third kappa shape index (κ3) is 5.46. The first kappa shape index (κ1) is 34.4. The Balaban J connectivity index is 1.36. The number of amides is 1. The van der Waals surface area contributed by atoms with E-state index in [0.717, 1.165) is 49.4 Å². The number of nitrogens with one attached hydrogen (secondary N) is 1. The lowest BCUT2D eigenvalue weighted by Crippen LogP contribution is -2.65. The highest BCUT2D eigenvalue weighted by molar-refractivity contribution is 5.99. The van der Waals surface area contributed by atoms with Gasteiger partial charge in [-0.1, -0.05) is 12.1 Å². The lowest BCUT2D eigenvalue weighted by molar-refractivity contribution is -0.244. The minimum absolute atomic E-state index is 0.0213. The highest BCUT2D eigenvalue weighted by atomic mass is 19.1. The zero-order chi connectivity index (χ0) is 37.2. The number of aromatic hydroxyl groups is 2. The SMILES string of the molecule is CC(=O)N[C@H]1[C@H](Oc2cccc3c2C(=O)OC32c3cc(F)c(O)cc3Oc3cc(Oc4ccc(C(=O)O)cc4O)c(F)cc32)O[C@H](CO)[C@@H](O)[C@@H]1O. The predicted molar refractivity (Wildman–Crippen MR) is 167 cm³/mol. The molecule has 6 atom stereocenters. The van der Waals surface area contributed by atoms with E-state index in [2.05, 4.69) is 5.32 Å². The molecular weight excluding hydrogens is 696 g/mol. The van der Waals surface area contributed by atoms with Crippen molar-refractivity contribution in [2.24, 2.45) is 0 Å². The quantitative estimate of drug-likeness (QED) is 0.136. The van der Waals surface area contributed by atoms with Gasteiger partial charge in [-0.05, 0) is 36.4 Å². The van der Waals surface area contributed by atoms with Gasteiger partial charge in [0.05, 0.1) is 23.3 Å². The summed E-state index contributed by atoms with van der Waals surface area (Å²) >= 11 is 0. The average molecular weight is 724 g/mol. The van der Waals surface area contributed by atoms with Crippen LogP contribution in [-0.2, 0) is 19.9 Å². The summed E-state index contributed by atoms with van der Waals surface area (Å²) in [5.74, 6) is -8.21. The van der Waals surface area contributed by atoms with Gasteiger partial charge in [-0.2, -0.15) is 0 Å². The number of esters is 1. The number of carbonyl (C=O) groups excluding carboxylic acids is 2. The van der Waals surface area contributed by atoms with Gasteiger partial charge in [-0.3, -0.25) is 4.79 Å². The third-order valence-corrected chi connectivity index (χ3v) is 8.84. The van der Waals surface area contributed by atoms with Crippen molar-refractivity contribution in [1.29, 1.82) is 0 Å². The maximum atomic E-state index is 16.0. The van der Waals surface area contributed by atoms with Gasteiger partial charge in [0.1, 0.15) is 47.2 Å². The number of hydrogen-bond acceptors (Lipinski definition) is 13. The van der Waals surface area contributed by atoms with Crippen LogP contribution in [0.15, 0.2) is 60.7 Å². The van der Waals surface area contributed by atoms with E-state index in [0.29, 0.717) is 0 Å². The number of aromatic carboxylic acids is 1. The Bertz CT molecular complexity index is 2160. The molecule has 1 fully saturated rings. The van der Waals surface area contributed by atoms with Gasteiger partial charge in [0.25, 0.3) is 0 Å². The molecule has 4 aromatic carbocycles. The molecule has 1 unspecified atom stereocenters. The fraction of sp³-hybridized carbons (Fsp3) is 0.229. The maximum absolute atomic E-state index is 16.0. The van der Waals surface area contributed by atoms with E-state index in [1.54, 1.807) is 0 Å². The molecule has 270 valence electrons. The van der Waals surface area contributed by atoms with Crippen LogP contribution in [0.5, 0.6) is 40.2 Å². The summed E-state index contributed by atoms with van der Waals surface area (Å²) in [6, 6.07) is 9.53. The van der Waals surface area contributed by atoms with Crippen LogP contribution >= 0.6 is 0 Å². The molecule has 0 bridgehead atoms. The number of carboxylic acids is 1. The first-order valence-electron chi connectivity index (χ1n) is 15.5. The van der Waals surface area contributed by atoms with Crippen LogP contribution in [0, 0.1) is 11.6 Å². The summed E-state index contributed by atoms with van der Waals surface area (Å²) in [6.45, 7) is 0.388. The normalized spacial score (nSPS) is 24.2. The summed E-state index contributed by atoms with van der Waals surface area (Å²) in [5, 5.41) is 63.1. The van der Waals surface area contributed by atoms with Crippen molar-refractivity contribution >= 4 is 17.8 Å². The largest absolute Gasteiger partial charge is 0.505 e. The highest BCUT2D eigenvalue weighted by Crippen LogP contribution is 2.59. The van der Waals surface area contributed by atoms with Gasteiger partial charge in [0.15, 0.2) is 40.2 Å². The molecule has 1 saturated heterocycles. The molecule has 3 heterocycles. The van der Waals surface area contributed by atoms with Gasteiger partial charge in [-0.15, -0.1) is 0 Å². The van der Waals surface area contributed by atoms with E-state index < -0.39 is 89.6 Å². The van der Waals surface area contributed by atoms with Crippen molar-refractivity contribution < 1.29 is 77.5 Å². The number of carboxylic acid groups (broad SMARTS) is 1. The van der Waals surface area contributed by atoms with Crippen molar-refractivity contribution in [3.63, 3.8) is 0 Å². The average Bonchev–Trinajstić information content (AvgIpc) is 3.40. The molecule has 0 radical (unpaired) electrons. The number of halogens is 2. The number of hydrogen-bond donors (Lipinski definition) is 7. The number of fused-ring (bicyclic) bond motifs is 6. The second kappa shape index (κ2) is 12.6. The van der Waals surface area contributed by atoms with E-state index in [4.69, 9.17) is 23.7 Å². The molecular formula is C35H27F2NO14. The number of benzene rings is 4. The van der Waals surface area contributed by atoms with E-state index in [-0.39, 0.29) is 50.8 Å². The summed E-state index contributed by atoms with van der Waals surface area (Å²) < 4.78 is 60.1. The van der Waals surface area contributed by atoms with Crippen molar-refractivity contribution in [3.05, 3.63) is 100 Å². The number of aliphatic hydroxyl groups is 3. The van der Waals surface area contributed by atoms with Crippen LogP contribution < -0.4 is 19.5 Å². The van der Waals surface area contributed by atoms with E-state index in [9.17, 15) is 45.0 Å². The number of phenols is 2. The van der Waals surface area contributed by atoms with Crippen LogP contribution in [0.4, 0.5) is 8.78 Å². The molecule has 3 aliphatic heterocycles. The molecule has 7 rings (SSSR count). The van der Waals surface area contributed by atoms with Gasteiger partial charge >= 0.3 is 11.9 Å². The number of aliphatic hydroxyl groups excluding tert-OH is 3. The minimum atomic E-state index is -2.15. The lowest BCUT2D eigenvalue weighted by atomic mass is 9.77. The highest BCUT2D eigenvalue weighted by Gasteiger charge is 2.56. The molecule has 0 saturated carbocycles. The molecule has 3 aliphatic rings. The fourth-order valence-electron chi connectivity index (χ4n) is 6.47. The van der Waals surface area contributed by atoms with Crippen LogP contribution in [0.25, 0.3) is 0 Å². The summed E-state index contributed by atoms with van der Waals surface area (Å²) in [5.41, 5.74) is -3.05. The number of carbonyl (C=O) groups is 3. The number of rotatable bonds is 7. The fourth-order valence-corrected chi connectivity index (χ4v) is 6.47. The molecule has 4 aromatic rings. The summed E-state index contributed by atoms with van der Waals surface area (Å²) in [4.78, 5) is 37.1. The molecule has 0 aromatic heterocycles. The van der Waals surface area contributed by atoms with Gasteiger partial charge in [0, 0.05) is 24.6 Å². The zero-order valence-electron chi connectivity index (χ0n) is 26.6. The maximum Gasteiger partial charge on any atom is 0.343 e. The Labute approximate surface area is 290 Å². The van der Waals surface area contributed by atoms with Gasteiger partial charge in [0.2, 0.25) is 12.2 Å². The molecule has 52 heavy (non-hydrogen) atoms. The van der Waals surface area contributed by atoms with E-state index >= 15 is 8.78 Å². The number of phenolic OH excluding ortho intramolecular Hbond substituents is 2. The second-order valence-corrected chi connectivity index (χ2v) is 12.1. The molecule has 15 nitrogen and oxygen atoms in total. The number of ether oxygens (including phenoxy) is 5. The van der Waals surface area contributed by atoms with Crippen LogP contribution in [-0.4, -0.2) is 85.7 Å². The third-order valence-electron chi connectivity index (χ3n) is 8.84. The monoisotopic (exact) mass is 723 g/mol. The Morgan fingerprint density at radius 1 is 0.885 bits per heavy atom. The standard InChI is InChI=1S/C35H27F2NO14/c1-13(40)38-29-31(44)30(43)27(12-39)51-34(29)50-23-4-2-3-15-28(23)33(47)52-35(15)16-8-18(36)20(41)10-24(16)49-25-11-26(19(37)9-17(25)35)48-22-6-5-14(32(45)46)7-21(22)42/h2-11,27,29-31,34,39,41-44H,12H2,1H3,(H,38,40)(H,45,46)/t27-,29-,30-,31-,34-,35?/m1/s1. The topological polar surface area (TPSA) is 231 Å². The zero-order valence-corrected chi connectivity index (χ0v) is 26.6. The smallest absolute Gasteiger partial charge is 0.343 e. The first-order chi connectivity index (χ1) is 24.7. The summed E-state index contributed by atoms with van der Waals surface area (Å²) in [7, 11) is 0. The van der Waals surface area contributed by atoms with Crippen molar-refractivity contribution in [2.45, 2.75) is 43.2 Å². The van der Waals surface area contributed by atoms with E-state index in [1.807, 2.05) is 0 Å². The van der Waals surface area contributed by atoms with Crippen LogP contribution in [0.3, 0.4) is 0 Å². The second-order valence-electron chi connectivity index (χ2n) is 12.1. The van der Waals surface area contributed by atoms with Crippen LogP contribution in [0.2, 0.25) is 0 Å². The summed E-state index contributed by atoms with van der Waals surface area (Å²) in [6.07, 6.45) is -6.26. The van der Waals surface area contributed by atoms with Gasteiger partial charge < -0.3 is 59.6 Å². The first-order valence-corrected chi connectivity index (χ1v) is 15.5. The van der Waals surface area contributed by atoms with Crippen molar-refractivity contribution in [3.8, 4) is 40.2 Å². The van der Waals surface area contributed by atoms with E-state index in [1.165, 1.54) is 18.2 Å². The molecule has 17 heteroatoms. The Morgan fingerprint density at radius 3 is 2.27 bits per heavy atom. The Hall–Kier alpha value is -6.01. The molecule has 1 spiro atoms. The van der Waals surface area contributed by atoms with Crippen molar-refractivity contribution in [2.75, 3.05) is 6.61 Å². The lowest BCUT2D eigenvalue weighted by Gasteiger charge is -2.42. The Kier molecular flexibility index (Phi) is 8.37. The molecule has 0 aliphatic carbocycles.